The molecule has 2 nitrogen and oxygen atoms in total. The van der Waals surface area contributed by atoms with Crippen molar-refractivity contribution in [2.24, 2.45) is 5.73 Å². The van der Waals surface area contributed by atoms with E-state index in [4.69, 9.17) is 10.2 Å². The second-order valence-electron chi connectivity index (χ2n) is 3.42. The summed E-state index contributed by atoms with van der Waals surface area (Å²) in [5.74, 6) is 0.870. The van der Waals surface area contributed by atoms with Crippen LogP contribution in [0.15, 0.2) is 21.0 Å². The average Bonchev–Trinajstić information content (AvgIpc) is 2.51. The molecular formula is C11H12BrNO. The largest absolute Gasteiger partial charge is 0.459 e. The molecule has 0 atom stereocenters. The second kappa shape index (κ2) is 3.41. The Balaban J connectivity index is 2.90. The zero-order valence-electron chi connectivity index (χ0n) is 8.23. The number of furan rings is 1. The maximum absolute atomic E-state index is 5.70. The normalized spacial score (nSPS) is 11.1. The van der Waals surface area contributed by atoms with Crippen molar-refractivity contribution in [2.45, 2.75) is 20.4 Å². The van der Waals surface area contributed by atoms with Crippen LogP contribution in [0.25, 0.3) is 11.0 Å². The fraction of sp³-hybridized carbons (Fsp3) is 0.273. The fourth-order valence-corrected chi connectivity index (χ4v) is 2.29. The van der Waals surface area contributed by atoms with Crippen LogP contribution in [-0.2, 0) is 6.54 Å². The summed E-state index contributed by atoms with van der Waals surface area (Å²) in [6.45, 7) is 4.53. The first-order valence-corrected chi connectivity index (χ1v) is 5.31. The minimum absolute atomic E-state index is 0.451. The molecule has 0 bridgehead atoms. The minimum Gasteiger partial charge on any atom is -0.459 e. The van der Waals surface area contributed by atoms with E-state index in [-0.39, 0.29) is 0 Å². The van der Waals surface area contributed by atoms with Gasteiger partial charge in [-0.05, 0) is 25.5 Å². The molecule has 0 aliphatic carbocycles. The number of aryl methyl sites for hydroxylation is 2. The van der Waals surface area contributed by atoms with Crippen LogP contribution >= 0.6 is 15.9 Å². The Morgan fingerprint density at radius 1 is 1.36 bits per heavy atom. The molecule has 0 saturated carbocycles. The van der Waals surface area contributed by atoms with Gasteiger partial charge in [-0.15, -0.1) is 0 Å². The fourth-order valence-electron chi connectivity index (χ4n) is 1.68. The predicted molar refractivity (Wildman–Crippen MR) is 61.3 cm³/mol. The molecule has 1 aromatic carbocycles. The van der Waals surface area contributed by atoms with Crippen LogP contribution in [0.1, 0.15) is 16.9 Å². The summed E-state index contributed by atoms with van der Waals surface area (Å²) >= 11 is 3.52. The van der Waals surface area contributed by atoms with Crippen molar-refractivity contribution in [1.82, 2.24) is 0 Å². The highest BCUT2D eigenvalue weighted by molar-refractivity contribution is 9.10. The van der Waals surface area contributed by atoms with Gasteiger partial charge < -0.3 is 10.2 Å². The van der Waals surface area contributed by atoms with Crippen LogP contribution in [0.5, 0.6) is 0 Å². The Hall–Kier alpha value is -0.800. The predicted octanol–water partition coefficient (Wildman–Crippen LogP) is 3.27. The maximum Gasteiger partial charge on any atom is 0.138 e. The average molecular weight is 254 g/mol. The van der Waals surface area contributed by atoms with Gasteiger partial charge in [-0.2, -0.15) is 0 Å². The van der Waals surface area contributed by atoms with Gasteiger partial charge in [-0.25, -0.2) is 0 Å². The lowest BCUT2D eigenvalue weighted by atomic mass is 10.1. The number of fused-ring (bicyclic) bond motifs is 1. The first kappa shape index (κ1) is 9.74. The van der Waals surface area contributed by atoms with Crippen LogP contribution in [0.3, 0.4) is 0 Å². The summed E-state index contributed by atoms with van der Waals surface area (Å²) in [6.07, 6.45) is 0. The highest BCUT2D eigenvalue weighted by Crippen LogP contribution is 2.33. The Kier molecular flexibility index (Phi) is 2.37. The maximum atomic E-state index is 5.70. The smallest absolute Gasteiger partial charge is 0.138 e. The monoisotopic (exact) mass is 253 g/mol. The van der Waals surface area contributed by atoms with E-state index in [1.165, 1.54) is 0 Å². The van der Waals surface area contributed by atoms with Crippen LogP contribution in [0.4, 0.5) is 0 Å². The van der Waals surface area contributed by atoms with E-state index in [2.05, 4.69) is 15.9 Å². The number of nitrogens with two attached hydrogens (primary N) is 1. The second-order valence-corrected chi connectivity index (χ2v) is 4.28. The van der Waals surface area contributed by atoms with Crippen molar-refractivity contribution in [3.63, 3.8) is 0 Å². The van der Waals surface area contributed by atoms with E-state index in [0.717, 1.165) is 32.3 Å². The summed E-state index contributed by atoms with van der Waals surface area (Å²) < 4.78 is 6.77. The third-order valence-electron chi connectivity index (χ3n) is 2.51. The minimum atomic E-state index is 0.451. The quantitative estimate of drug-likeness (QED) is 0.848. The molecule has 2 aromatic rings. The third-order valence-corrected chi connectivity index (χ3v) is 3.17. The Morgan fingerprint density at radius 3 is 2.64 bits per heavy atom. The van der Waals surface area contributed by atoms with Gasteiger partial charge in [-0.3, -0.25) is 0 Å². The van der Waals surface area contributed by atoms with Crippen molar-refractivity contribution in [3.8, 4) is 0 Å². The first-order valence-electron chi connectivity index (χ1n) is 4.52. The van der Waals surface area contributed by atoms with E-state index < -0.39 is 0 Å². The van der Waals surface area contributed by atoms with Crippen molar-refractivity contribution in [3.05, 3.63) is 33.5 Å². The van der Waals surface area contributed by atoms with Crippen molar-refractivity contribution >= 4 is 26.9 Å². The van der Waals surface area contributed by atoms with Crippen LogP contribution in [-0.4, -0.2) is 0 Å². The lowest BCUT2D eigenvalue weighted by molar-refractivity contribution is 0.547. The molecular weight excluding hydrogens is 242 g/mol. The number of hydrogen-bond acceptors (Lipinski definition) is 2. The summed E-state index contributed by atoms with van der Waals surface area (Å²) in [5, 5.41) is 1.14. The van der Waals surface area contributed by atoms with Crippen molar-refractivity contribution in [2.75, 3.05) is 0 Å². The molecule has 2 N–H and O–H groups in total. The van der Waals surface area contributed by atoms with Gasteiger partial charge in [0.15, 0.2) is 0 Å². The standard InChI is InChI=1S/C11H12BrNO/c1-6-3-4-8(12)10-7(2)9(5-13)14-11(6)10/h3-4H,5,13H2,1-2H3. The Bertz CT molecular complexity index is 487. The molecule has 1 heterocycles. The number of rotatable bonds is 1. The van der Waals surface area contributed by atoms with Gasteiger partial charge in [0.25, 0.3) is 0 Å². The first-order chi connectivity index (χ1) is 6.65. The van der Waals surface area contributed by atoms with E-state index in [0.29, 0.717) is 6.54 Å². The molecule has 0 aliphatic rings. The number of halogens is 1. The molecule has 74 valence electrons. The third kappa shape index (κ3) is 1.28. The Morgan fingerprint density at radius 2 is 2.07 bits per heavy atom. The molecule has 0 amide bonds. The van der Waals surface area contributed by atoms with Gasteiger partial charge >= 0.3 is 0 Å². The van der Waals surface area contributed by atoms with Crippen molar-refractivity contribution in [1.29, 1.82) is 0 Å². The zero-order valence-corrected chi connectivity index (χ0v) is 9.81. The van der Waals surface area contributed by atoms with E-state index >= 15 is 0 Å². The lowest BCUT2D eigenvalue weighted by Gasteiger charge is -1.97. The van der Waals surface area contributed by atoms with E-state index in [1.54, 1.807) is 0 Å². The molecule has 2 rings (SSSR count). The van der Waals surface area contributed by atoms with Crippen LogP contribution in [0.2, 0.25) is 0 Å². The Labute approximate surface area is 91.2 Å². The number of benzene rings is 1. The van der Waals surface area contributed by atoms with Gasteiger partial charge in [0, 0.05) is 15.4 Å². The molecule has 0 saturated heterocycles. The summed E-state index contributed by atoms with van der Waals surface area (Å²) in [5.41, 5.74) is 8.83. The molecule has 0 radical (unpaired) electrons. The van der Waals surface area contributed by atoms with E-state index in [9.17, 15) is 0 Å². The highest BCUT2D eigenvalue weighted by atomic mass is 79.9. The molecule has 1 aromatic heterocycles. The van der Waals surface area contributed by atoms with Crippen molar-refractivity contribution < 1.29 is 4.42 Å². The summed E-state index contributed by atoms with van der Waals surface area (Å²) in [4.78, 5) is 0. The summed E-state index contributed by atoms with van der Waals surface area (Å²) in [7, 11) is 0. The van der Waals surface area contributed by atoms with Gasteiger partial charge in [0.1, 0.15) is 11.3 Å². The topological polar surface area (TPSA) is 39.2 Å². The highest BCUT2D eigenvalue weighted by Gasteiger charge is 2.13. The molecule has 0 fully saturated rings. The van der Waals surface area contributed by atoms with Gasteiger partial charge in [0.05, 0.1) is 6.54 Å². The van der Waals surface area contributed by atoms with Crippen LogP contribution < -0.4 is 5.73 Å². The van der Waals surface area contributed by atoms with Gasteiger partial charge in [0.2, 0.25) is 0 Å². The van der Waals surface area contributed by atoms with Crippen LogP contribution in [0, 0.1) is 13.8 Å². The van der Waals surface area contributed by atoms with E-state index in [1.807, 2.05) is 26.0 Å². The zero-order chi connectivity index (χ0) is 10.3. The molecule has 0 unspecified atom stereocenters. The van der Waals surface area contributed by atoms with Gasteiger partial charge in [-0.1, -0.05) is 22.0 Å². The lowest BCUT2D eigenvalue weighted by Crippen LogP contribution is -1.95. The molecule has 3 heteroatoms. The summed E-state index contributed by atoms with van der Waals surface area (Å²) in [6, 6.07) is 4.08. The number of hydrogen-bond donors (Lipinski definition) is 1. The molecule has 0 spiro atoms. The SMILES string of the molecule is Cc1ccc(Br)c2c(C)c(CN)oc12. The molecule has 14 heavy (non-hydrogen) atoms. The molecule has 0 aliphatic heterocycles.